The summed E-state index contributed by atoms with van der Waals surface area (Å²) < 4.78 is 0. The van der Waals surface area contributed by atoms with Crippen LogP contribution in [0.25, 0.3) is 0 Å². The van der Waals surface area contributed by atoms with Crippen LogP contribution in [0, 0.1) is 5.92 Å². The molecule has 1 fully saturated rings. The second kappa shape index (κ2) is 41.7. The lowest BCUT2D eigenvalue weighted by atomic mass is 10.00. The van der Waals surface area contributed by atoms with E-state index in [4.69, 9.17) is 34.4 Å². The Morgan fingerprint density at radius 3 is 1.19 bits per heavy atom. The second-order valence-corrected chi connectivity index (χ2v) is 21.0. The zero-order chi connectivity index (χ0) is 63.3. The molecular weight excluding hydrogens is 1100 g/mol. The van der Waals surface area contributed by atoms with E-state index in [1.54, 1.807) is 0 Å². The van der Waals surface area contributed by atoms with Gasteiger partial charge in [-0.15, -0.1) is 0 Å². The third-order valence-corrected chi connectivity index (χ3v) is 13.5. The van der Waals surface area contributed by atoms with Gasteiger partial charge in [-0.3, -0.25) is 62.5 Å². The maximum atomic E-state index is 14.5. The fraction of sp³-hybridized carbons (Fsp3) is 0.750. The van der Waals surface area contributed by atoms with Crippen molar-refractivity contribution in [3.63, 3.8) is 0 Å². The zero-order valence-electron chi connectivity index (χ0n) is 48.7. The number of nitrogens with one attached hydrogen (secondary N) is 10. The summed E-state index contributed by atoms with van der Waals surface area (Å²) in [6.07, 6.45) is 2.70. The van der Waals surface area contributed by atoms with Gasteiger partial charge >= 0.3 is 17.9 Å². The number of aliphatic carboxylic acids is 3. The average molecular weight is 1200 g/mol. The molecule has 478 valence electrons. The lowest BCUT2D eigenvalue weighted by Gasteiger charge is -2.29. The summed E-state index contributed by atoms with van der Waals surface area (Å²) >= 11 is 0. The predicted molar refractivity (Wildman–Crippen MR) is 307 cm³/mol. The third-order valence-electron chi connectivity index (χ3n) is 13.5. The number of aliphatic imine (C=N–C) groups is 1. The van der Waals surface area contributed by atoms with E-state index in [9.17, 15) is 72.9 Å². The maximum absolute atomic E-state index is 14.5. The summed E-state index contributed by atoms with van der Waals surface area (Å²) in [7, 11) is 0. The molecule has 1 heterocycles. The Labute approximate surface area is 489 Å². The van der Waals surface area contributed by atoms with E-state index >= 15 is 0 Å². The van der Waals surface area contributed by atoms with Crippen LogP contribution in [-0.2, 0) is 57.5 Å². The van der Waals surface area contributed by atoms with Crippen LogP contribution in [0.3, 0.4) is 0 Å². The van der Waals surface area contributed by atoms with Gasteiger partial charge in [0.1, 0.15) is 54.4 Å². The van der Waals surface area contributed by atoms with Crippen LogP contribution in [0.4, 0.5) is 0 Å². The van der Waals surface area contributed by atoms with Crippen LogP contribution < -0.4 is 87.6 Å². The molecule has 25 N–H and O–H groups in total. The van der Waals surface area contributed by atoms with E-state index < -0.39 is 151 Å². The number of carbonyl (C=O) groups excluding carboxylic acids is 9. The molecule has 1 saturated heterocycles. The fourth-order valence-electron chi connectivity index (χ4n) is 8.71. The van der Waals surface area contributed by atoms with Crippen LogP contribution in [0.5, 0.6) is 0 Å². The minimum Gasteiger partial charge on any atom is -0.481 e. The van der Waals surface area contributed by atoms with Crippen molar-refractivity contribution >= 4 is 77.0 Å². The summed E-state index contributed by atoms with van der Waals surface area (Å²) in [5, 5.41) is 54.1. The van der Waals surface area contributed by atoms with Gasteiger partial charge in [0, 0.05) is 13.0 Å². The summed E-state index contributed by atoms with van der Waals surface area (Å²) in [5.41, 5.74) is 34.2. The maximum Gasteiger partial charge on any atom is 0.325 e. The number of nitrogens with zero attached hydrogens (tertiary/aromatic N) is 1. The van der Waals surface area contributed by atoms with E-state index in [0.29, 0.717) is 64.5 Å². The van der Waals surface area contributed by atoms with Gasteiger partial charge in [-0.25, -0.2) is 0 Å². The molecule has 0 unspecified atom stereocenters. The molecule has 32 heteroatoms. The largest absolute Gasteiger partial charge is 0.481 e. The molecule has 0 aromatic rings. The van der Waals surface area contributed by atoms with Crippen molar-refractivity contribution in [2.45, 2.75) is 203 Å². The molecule has 0 bridgehead atoms. The summed E-state index contributed by atoms with van der Waals surface area (Å²) in [5.74, 6) is -13.3. The lowest BCUT2D eigenvalue weighted by molar-refractivity contribution is -0.143. The van der Waals surface area contributed by atoms with Crippen LogP contribution in [0.1, 0.15) is 143 Å². The quantitative estimate of drug-likeness (QED) is 0.0154. The molecule has 1 rings (SSSR count). The van der Waals surface area contributed by atoms with Gasteiger partial charge < -0.3 is 103 Å². The molecule has 0 aromatic heterocycles. The number of nitrogens with two attached hydrogens (primary N) is 6. The van der Waals surface area contributed by atoms with Gasteiger partial charge in [0.25, 0.3) is 0 Å². The van der Waals surface area contributed by atoms with Crippen molar-refractivity contribution < 1.29 is 72.9 Å². The van der Waals surface area contributed by atoms with Gasteiger partial charge in [-0.2, -0.15) is 0 Å². The van der Waals surface area contributed by atoms with E-state index in [0.717, 1.165) is 13.3 Å². The minimum atomic E-state index is -1.87. The smallest absolute Gasteiger partial charge is 0.325 e. The highest BCUT2D eigenvalue weighted by molar-refractivity contribution is 5.99. The van der Waals surface area contributed by atoms with Crippen molar-refractivity contribution in [3.8, 4) is 0 Å². The minimum absolute atomic E-state index is 0.00207. The average Bonchev–Trinajstić information content (AvgIpc) is 4.06. The summed E-state index contributed by atoms with van der Waals surface area (Å²) in [4.78, 5) is 164. The Morgan fingerprint density at radius 1 is 0.464 bits per heavy atom. The third kappa shape index (κ3) is 30.3. The molecule has 32 nitrogen and oxygen atoms in total. The van der Waals surface area contributed by atoms with E-state index in [2.05, 4.69) is 52.8 Å². The van der Waals surface area contributed by atoms with E-state index in [1.165, 1.54) is 13.8 Å². The molecule has 9 amide bonds. The number of rotatable bonds is 45. The number of amides is 9. The van der Waals surface area contributed by atoms with E-state index in [1.807, 2.05) is 5.32 Å². The van der Waals surface area contributed by atoms with Gasteiger partial charge in [-0.05, 0) is 155 Å². The first-order valence-corrected chi connectivity index (χ1v) is 28.8. The molecule has 0 radical (unpaired) electrons. The number of carboxylic acids is 3. The highest BCUT2D eigenvalue weighted by Gasteiger charge is 2.37. The van der Waals surface area contributed by atoms with Crippen molar-refractivity contribution in [3.05, 3.63) is 0 Å². The van der Waals surface area contributed by atoms with E-state index in [-0.39, 0.29) is 83.0 Å². The number of unbranched alkanes of at least 4 members (excludes halogenated alkanes) is 4. The van der Waals surface area contributed by atoms with Crippen LogP contribution in [0.15, 0.2) is 4.99 Å². The molecule has 1 aliphatic rings. The molecule has 0 saturated carbocycles. The van der Waals surface area contributed by atoms with Crippen LogP contribution in [-0.4, -0.2) is 192 Å². The molecule has 10 atom stereocenters. The number of hydrogen-bond acceptors (Lipinski definition) is 18. The number of guanidine groups is 1. The summed E-state index contributed by atoms with van der Waals surface area (Å²) in [6.45, 7) is 5.84. The van der Waals surface area contributed by atoms with Crippen molar-refractivity contribution in [2.24, 2.45) is 45.3 Å². The molecule has 1 aliphatic heterocycles. The Kier molecular flexibility index (Phi) is 37.1. The van der Waals surface area contributed by atoms with Crippen molar-refractivity contribution in [1.29, 1.82) is 0 Å². The fourth-order valence-corrected chi connectivity index (χ4v) is 8.71. The first-order valence-electron chi connectivity index (χ1n) is 28.8. The Bertz CT molecular complexity index is 2180. The normalized spacial score (nSPS) is 16.1. The zero-order valence-corrected chi connectivity index (χ0v) is 48.7. The highest BCUT2D eigenvalue weighted by atomic mass is 16.4. The highest BCUT2D eigenvalue weighted by Crippen LogP contribution is 2.13. The van der Waals surface area contributed by atoms with Gasteiger partial charge in [-0.1, -0.05) is 13.8 Å². The number of carbonyl (C=O) groups is 12. The molecule has 0 spiro atoms. The standard InChI is InChI=1S/C52H95N17O15/c1-29(2)41(50(82)67-37(20-21-39(70)71)47(79)68-38(28-40(72)73)49(81)61-30(3)51(83)84)69-48(80)35(17-7-11-25-56)65-46(78)36(19-13-27-60-52(57)58)66-45(77)34(16-6-10-24-55)64-44(76)33(15-5-9-23-54)63-43(75)32(14-4-8-22-53)62-42(74)31-18-12-26-59-31/h29-38,41,59H,4-28,53-56H2,1-3H3,(H,61,81)(H,62,74)(H,63,75)(H,64,76)(H,65,78)(H,66,77)(H,67,82)(H,68,79)(H,69,80)(H,70,71)(H,72,73)(H,83,84)(H4,57,58,60)/t30-,31-,32-,33-,34-,35-,36-,37-,38-,41-/m0/s1. The first kappa shape index (κ1) is 74.7. The molecule has 84 heavy (non-hydrogen) atoms. The van der Waals surface area contributed by atoms with Gasteiger partial charge in [0.15, 0.2) is 5.96 Å². The Morgan fingerprint density at radius 2 is 0.833 bits per heavy atom. The van der Waals surface area contributed by atoms with Crippen LogP contribution >= 0.6 is 0 Å². The van der Waals surface area contributed by atoms with Gasteiger partial charge in [0.05, 0.1) is 12.5 Å². The Hall–Kier alpha value is -7.29. The molecule has 0 aromatic carbocycles. The van der Waals surface area contributed by atoms with Crippen molar-refractivity contribution in [2.75, 3.05) is 39.3 Å². The SMILES string of the molecule is CC(C)[C@H](NC(=O)[C@H](CCCCN)NC(=O)[C@H](CCCN=C(N)N)NC(=O)[C@H](CCCCN)NC(=O)[C@H](CCCCN)NC(=O)[C@H](CCCCN)NC(=O)[C@@H]1CCCN1)C(=O)N[C@@H](CCC(=O)O)C(=O)N[C@@H](CC(=O)O)C(=O)N[C@@H](C)C(=O)O. The van der Waals surface area contributed by atoms with Gasteiger partial charge in [0.2, 0.25) is 53.2 Å². The predicted octanol–water partition coefficient (Wildman–Crippen LogP) is -5.23. The lowest BCUT2D eigenvalue weighted by Crippen LogP contribution is -2.61. The first-order chi connectivity index (χ1) is 39.8. The molecular formula is C52H95N17O15. The second-order valence-electron chi connectivity index (χ2n) is 21.0. The topological polar surface area (TPSA) is 554 Å². The van der Waals surface area contributed by atoms with Crippen molar-refractivity contribution in [1.82, 2.24) is 53.2 Å². The number of carboxylic acid groups (broad SMARTS) is 3. The van der Waals surface area contributed by atoms with Crippen LogP contribution in [0.2, 0.25) is 0 Å². The monoisotopic (exact) mass is 1200 g/mol. The Balaban J connectivity index is 3.63. The number of hydrogen-bond donors (Lipinski definition) is 19. The summed E-state index contributed by atoms with van der Waals surface area (Å²) in [6, 6.07) is -13.5. The molecule has 0 aliphatic carbocycles.